The van der Waals surface area contributed by atoms with Gasteiger partial charge in [0, 0.05) is 44.2 Å². The third kappa shape index (κ3) is 5.55. The van der Waals surface area contributed by atoms with E-state index in [9.17, 15) is 14.7 Å². The smallest absolute Gasteiger partial charge is 0.303 e. The zero-order valence-corrected chi connectivity index (χ0v) is 18.3. The number of ether oxygens (including phenoxy) is 2. The van der Waals surface area contributed by atoms with Crippen molar-refractivity contribution >= 4 is 11.9 Å². The molecule has 1 saturated heterocycles. The van der Waals surface area contributed by atoms with Gasteiger partial charge in [0.15, 0.2) is 11.5 Å². The summed E-state index contributed by atoms with van der Waals surface area (Å²) in [4.78, 5) is 28.3. The average molecular weight is 427 g/mol. The number of nitrogens with zero attached hydrogens (tertiary/aromatic N) is 2. The molecular weight excluding hydrogens is 396 g/mol. The maximum Gasteiger partial charge on any atom is 0.303 e. The first kappa shape index (κ1) is 22.6. The molecule has 31 heavy (non-hydrogen) atoms. The standard InChI is InChI=1S/C24H30N2O5/c1-17-4-6-18(7-5-17)20(9-11-23(27)28)25-12-14-26(15-13-25)24(29)19-8-10-21(30-2)22(16-19)31-3/h4-8,10,16,20H,9,11-15H2,1-3H3,(H,27,28)/t20-/m0/s1. The summed E-state index contributed by atoms with van der Waals surface area (Å²) < 4.78 is 10.6. The number of hydrogen-bond acceptors (Lipinski definition) is 5. The topological polar surface area (TPSA) is 79.3 Å². The van der Waals surface area contributed by atoms with Crippen molar-refractivity contribution in [3.8, 4) is 11.5 Å². The van der Waals surface area contributed by atoms with Crippen LogP contribution in [0.5, 0.6) is 11.5 Å². The van der Waals surface area contributed by atoms with Crippen LogP contribution in [0.15, 0.2) is 42.5 Å². The van der Waals surface area contributed by atoms with Gasteiger partial charge in [0.2, 0.25) is 0 Å². The number of benzene rings is 2. The van der Waals surface area contributed by atoms with Crippen LogP contribution in [0.4, 0.5) is 0 Å². The minimum absolute atomic E-state index is 0.0232. The van der Waals surface area contributed by atoms with E-state index in [1.807, 2.05) is 11.8 Å². The molecule has 7 nitrogen and oxygen atoms in total. The number of carbonyl (C=O) groups excluding carboxylic acids is 1. The highest BCUT2D eigenvalue weighted by Crippen LogP contribution is 2.30. The molecule has 1 aliphatic heterocycles. The summed E-state index contributed by atoms with van der Waals surface area (Å²) >= 11 is 0. The number of carboxylic acids is 1. The van der Waals surface area contributed by atoms with Crippen molar-refractivity contribution in [3.63, 3.8) is 0 Å². The number of amides is 1. The predicted octanol–water partition coefficient (Wildman–Crippen LogP) is 3.38. The highest BCUT2D eigenvalue weighted by Gasteiger charge is 2.28. The molecule has 1 fully saturated rings. The minimum Gasteiger partial charge on any atom is -0.493 e. The Hall–Kier alpha value is -3.06. The summed E-state index contributed by atoms with van der Waals surface area (Å²) in [6.45, 7) is 4.59. The van der Waals surface area contributed by atoms with Crippen LogP contribution in [0.2, 0.25) is 0 Å². The quantitative estimate of drug-likeness (QED) is 0.697. The van der Waals surface area contributed by atoms with Gasteiger partial charge in [0.25, 0.3) is 5.91 Å². The number of methoxy groups -OCH3 is 2. The summed E-state index contributed by atoms with van der Waals surface area (Å²) in [5.74, 6) is 0.278. The summed E-state index contributed by atoms with van der Waals surface area (Å²) in [6, 6.07) is 13.5. The van der Waals surface area contributed by atoms with E-state index >= 15 is 0 Å². The number of hydrogen-bond donors (Lipinski definition) is 1. The van der Waals surface area contributed by atoms with E-state index in [1.165, 1.54) is 5.56 Å². The van der Waals surface area contributed by atoms with Gasteiger partial charge in [-0.3, -0.25) is 14.5 Å². The molecule has 1 N–H and O–H groups in total. The third-order valence-corrected chi connectivity index (χ3v) is 5.77. The molecule has 0 spiro atoms. The first-order valence-electron chi connectivity index (χ1n) is 10.5. The van der Waals surface area contributed by atoms with Crippen molar-refractivity contribution in [1.29, 1.82) is 0 Å². The second-order valence-corrected chi connectivity index (χ2v) is 7.76. The monoisotopic (exact) mass is 426 g/mol. The molecule has 0 radical (unpaired) electrons. The lowest BCUT2D eigenvalue weighted by Gasteiger charge is -2.39. The molecule has 0 unspecified atom stereocenters. The Kier molecular flexibility index (Phi) is 7.52. The SMILES string of the molecule is COc1ccc(C(=O)N2CCN([C@@H](CCC(=O)O)c3ccc(C)cc3)CC2)cc1OC. The maximum absolute atomic E-state index is 13.0. The van der Waals surface area contributed by atoms with E-state index in [-0.39, 0.29) is 18.4 Å². The molecule has 2 aromatic rings. The fraction of sp³-hybridized carbons (Fsp3) is 0.417. The lowest BCUT2D eigenvalue weighted by Crippen LogP contribution is -2.49. The lowest BCUT2D eigenvalue weighted by molar-refractivity contribution is -0.137. The Labute approximate surface area is 183 Å². The van der Waals surface area contributed by atoms with Gasteiger partial charge in [0.05, 0.1) is 14.2 Å². The Morgan fingerprint density at radius 1 is 0.968 bits per heavy atom. The molecule has 3 rings (SSSR count). The van der Waals surface area contributed by atoms with Crippen LogP contribution in [0.25, 0.3) is 0 Å². The number of carbonyl (C=O) groups is 2. The predicted molar refractivity (Wildman–Crippen MR) is 118 cm³/mol. The molecule has 166 valence electrons. The molecule has 0 aliphatic carbocycles. The van der Waals surface area contributed by atoms with Crippen LogP contribution >= 0.6 is 0 Å². The average Bonchev–Trinajstić information content (AvgIpc) is 2.79. The fourth-order valence-electron chi connectivity index (χ4n) is 4.00. The molecule has 2 aromatic carbocycles. The van der Waals surface area contributed by atoms with E-state index in [1.54, 1.807) is 32.4 Å². The van der Waals surface area contributed by atoms with Gasteiger partial charge in [-0.2, -0.15) is 0 Å². The Morgan fingerprint density at radius 2 is 1.61 bits per heavy atom. The van der Waals surface area contributed by atoms with Crippen LogP contribution in [0, 0.1) is 6.92 Å². The van der Waals surface area contributed by atoms with Crippen molar-refractivity contribution in [2.75, 3.05) is 40.4 Å². The first-order chi connectivity index (χ1) is 14.9. The second kappa shape index (κ2) is 10.3. The van der Waals surface area contributed by atoms with Gasteiger partial charge < -0.3 is 19.5 Å². The zero-order chi connectivity index (χ0) is 22.4. The summed E-state index contributed by atoms with van der Waals surface area (Å²) in [5, 5.41) is 9.18. The van der Waals surface area contributed by atoms with Crippen molar-refractivity contribution in [2.45, 2.75) is 25.8 Å². The van der Waals surface area contributed by atoms with Gasteiger partial charge in [-0.15, -0.1) is 0 Å². The molecule has 1 atom stereocenters. The Morgan fingerprint density at radius 3 is 2.19 bits per heavy atom. The van der Waals surface area contributed by atoms with Crippen molar-refractivity contribution < 1.29 is 24.2 Å². The summed E-state index contributed by atoms with van der Waals surface area (Å²) in [7, 11) is 3.11. The first-order valence-corrected chi connectivity index (χ1v) is 10.5. The van der Waals surface area contributed by atoms with Crippen LogP contribution in [0.1, 0.15) is 40.4 Å². The van der Waals surface area contributed by atoms with Crippen LogP contribution < -0.4 is 9.47 Å². The highest BCUT2D eigenvalue weighted by atomic mass is 16.5. The van der Waals surface area contributed by atoms with E-state index in [0.29, 0.717) is 49.7 Å². The van der Waals surface area contributed by atoms with E-state index < -0.39 is 5.97 Å². The van der Waals surface area contributed by atoms with Gasteiger partial charge in [-0.05, 0) is 37.1 Å². The van der Waals surface area contributed by atoms with Gasteiger partial charge >= 0.3 is 5.97 Å². The molecule has 1 amide bonds. The van der Waals surface area contributed by atoms with Crippen LogP contribution in [0.3, 0.4) is 0 Å². The van der Waals surface area contributed by atoms with E-state index in [0.717, 1.165) is 5.56 Å². The minimum atomic E-state index is -0.792. The van der Waals surface area contributed by atoms with Crippen molar-refractivity contribution in [2.24, 2.45) is 0 Å². The Bertz CT molecular complexity index is 905. The van der Waals surface area contributed by atoms with Gasteiger partial charge in [-0.1, -0.05) is 29.8 Å². The summed E-state index contributed by atoms with van der Waals surface area (Å²) in [5.41, 5.74) is 2.85. The van der Waals surface area contributed by atoms with Crippen LogP contribution in [-0.4, -0.2) is 67.2 Å². The zero-order valence-electron chi connectivity index (χ0n) is 18.3. The second-order valence-electron chi connectivity index (χ2n) is 7.76. The molecule has 1 heterocycles. The number of aliphatic carboxylic acids is 1. The lowest BCUT2D eigenvalue weighted by atomic mass is 9.98. The Balaban J connectivity index is 1.69. The van der Waals surface area contributed by atoms with Gasteiger partial charge in [-0.25, -0.2) is 0 Å². The molecule has 0 aromatic heterocycles. The molecular formula is C24H30N2O5. The molecule has 0 saturated carbocycles. The molecule has 0 bridgehead atoms. The summed E-state index contributed by atoms with van der Waals surface area (Å²) in [6.07, 6.45) is 0.658. The highest BCUT2D eigenvalue weighted by molar-refractivity contribution is 5.95. The van der Waals surface area contributed by atoms with Gasteiger partial charge in [0.1, 0.15) is 0 Å². The third-order valence-electron chi connectivity index (χ3n) is 5.77. The maximum atomic E-state index is 13.0. The largest absolute Gasteiger partial charge is 0.493 e. The van der Waals surface area contributed by atoms with Crippen molar-refractivity contribution in [3.05, 3.63) is 59.2 Å². The number of carboxylic acid groups (broad SMARTS) is 1. The molecule has 7 heteroatoms. The molecule has 1 aliphatic rings. The van der Waals surface area contributed by atoms with Crippen LogP contribution in [-0.2, 0) is 4.79 Å². The van der Waals surface area contributed by atoms with E-state index in [2.05, 4.69) is 29.2 Å². The van der Waals surface area contributed by atoms with Crippen molar-refractivity contribution in [1.82, 2.24) is 9.80 Å². The fourth-order valence-corrected chi connectivity index (χ4v) is 4.00. The van der Waals surface area contributed by atoms with E-state index in [4.69, 9.17) is 9.47 Å². The normalized spacial score (nSPS) is 15.4. The number of piperazine rings is 1. The number of aryl methyl sites for hydroxylation is 1. The number of rotatable bonds is 8.